The molecule has 0 radical (unpaired) electrons. The molecule has 1 aromatic heterocycles. The molecule has 0 fully saturated rings. The number of carbonyl (C=O) groups is 2. The van der Waals surface area contributed by atoms with Crippen LogP contribution < -0.4 is 5.32 Å². The smallest absolute Gasteiger partial charge is 0.272 e. The molecule has 23 heavy (non-hydrogen) atoms. The number of nitrogens with one attached hydrogen (secondary N) is 1. The van der Waals surface area contributed by atoms with Crippen LogP contribution in [0.4, 0.5) is 0 Å². The first kappa shape index (κ1) is 16.7. The second-order valence-corrected chi connectivity index (χ2v) is 5.31. The van der Waals surface area contributed by atoms with E-state index in [0.717, 1.165) is 12.0 Å². The van der Waals surface area contributed by atoms with Crippen molar-refractivity contribution < 1.29 is 9.59 Å². The molecule has 0 aliphatic rings. The minimum Gasteiger partial charge on any atom is -0.351 e. The monoisotopic (exact) mass is 311 g/mol. The lowest BCUT2D eigenvalue weighted by molar-refractivity contribution is 0.0779. The van der Waals surface area contributed by atoms with Crippen LogP contribution in [-0.4, -0.2) is 35.3 Å². The first-order valence-corrected chi connectivity index (χ1v) is 7.66. The van der Waals surface area contributed by atoms with E-state index < -0.39 is 0 Å². The van der Waals surface area contributed by atoms with Gasteiger partial charge in [-0.3, -0.25) is 9.59 Å². The number of rotatable bonds is 6. The van der Waals surface area contributed by atoms with Crippen LogP contribution in [0.5, 0.6) is 0 Å². The van der Waals surface area contributed by atoms with Gasteiger partial charge < -0.3 is 10.2 Å². The Morgan fingerprint density at radius 2 is 1.74 bits per heavy atom. The molecule has 5 heteroatoms. The van der Waals surface area contributed by atoms with Crippen molar-refractivity contribution in [3.05, 3.63) is 65.5 Å². The van der Waals surface area contributed by atoms with Crippen molar-refractivity contribution in [2.75, 3.05) is 13.6 Å². The Hall–Kier alpha value is -2.69. The third-order valence-electron chi connectivity index (χ3n) is 3.35. The average molecular weight is 311 g/mol. The minimum atomic E-state index is -0.257. The van der Waals surface area contributed by atoms with Gasteiger partial charge in [-0.05, 0) is 24.1 Å². The SMILES string of the molecule is CCCNC(=O)c1cccc(C(=O)N(C)Cc2ccccc2)n1. The van der Waals surface area contributed by atoms with E-state index in [1.807, 2.05) is 37.3 Å². The van der Waals surface area contributed by atoms with Gasteiger partial charge in [-0.1, -0.05) is 43.3 Å². The van der Waals surface area contributed by atoms with E-state index in [1.165, 1.54) is 0 Å². The van der Waals surface area contributed by atoms with Gasteiger partial charge in [-0.15, -0.1) is 0 Å². The van der Waals surface area contributed by atoms with E-state index in [1.54, 1.807) is 30.1 Å². The molecule has 120 valence electrons. The van der Waals surface area contributed by atoms with Crippen LogP contribution in [0, 0.1) is 0 Å². The number of benzene rings is 1. The van der Waals surface area contributed by atoms with Gasteiger partial charge >= 0.3 is 0 Å². The minimum absolute atomic E-state index is 0.209. The van der Waals surface area contributed by atoms with Crippen LogP contribution in [0.1, 0.15) is 39.9 Å². The third-order valence-corrected chi connectivity index (χ3v) is 3.35. The quantitative estimate of drug-likeness (QED) is 0.891. The maximum absolute atomic E-state index is 12.5. The van der Waals surface area contributed by atoms with Crippen molar-refractivity contribution in [2.45, 2.75) is 19.9 Å². The average Bonchev–Trinajstić information content (AvgIpc) is 2.60. The van der Waals surface area contributed by atoms with Crippen molar-refractivity contribution in [3.63, 3.8) is 0 Å². The van der Waals surface area contributed by atoms with Crippen LogP contribution in [0.2, 0.25) is 0 Å². The molecule has 0 unspecified atom stereocenters. The molecule has 5 nitrogen and oxygen atoms in total. The third kappa shape index (κ3) is 4.64. The second-order valence-electron chi connectivity index (χ2n) is 5.31. The number of amides is 2. The van der Waals surface area contributed by atoms with Crippen molar-refractivity contribution in [1.82, 2.24) is 15.2 Å². The maximum atomic E-state index is 12.5. The summed E-state index contributed by atoms with van der Waals surface area (Å²) < 4.78 is 0. The number of hydrogen-bond acceptors (Lipinski definition) is 3. The molecule has 1 aromatic carbocycles. The highest BCUT2D eigenvalue weighted by atomic mass is 16.2. The highest BCUT2D eigenvalue weighted by Crippen LogP contribution is 2.08. The fourth-order valence-corrected chi connectivity index (χ4v) is 2.13. The van der Waals surface area contributed by atoms with E-state index in [-0.39, 0.29) is 23.2 Å². The molecule has 0 aliphatic carbocycles. The molecule has 0 bridgehead atoms. The molecule has 0 saturated carbocycles. The van der Waals surface area contributed by atoms with E-state index in [4.69, 9.17) is 0 Å². The maximum Gasteiger partial charge on any atom is 0.272 e. The van der Waals surface area contributed by atoms with Gasteiger partial charge in [-0.25, -0.2) is 4.98 Å². The standard InChI is InChI=1S/C18H21N3O2/c1-3-12-19-17(22)15-10-7-11-16(20-15)18(23)21(2)13-14-8-5-4-6-9-14/h4-11H,3,12-13H2,1-2H3,(H,19,22). The molecule has 0 saturated heterocycles. The van der Waals surface area contributed by atoms with Gasteiger partial charge in [0.2, 0.25) is 0 Å². The zero-order valence-corrected chi connectivity index (χ0v) is 13.5. The Labute approximate surface area is 136 Å². The summed E-state index contributed by atoms with van der Waals surface area (Å²) in [5.74, 6) is -0.466. The summed E-state index contributed by atoms with van der Waals surface area (Å²) in [6.07, 6.45) is 0.851. The highest BCUT2D eigenvalue weighted by Gasteiger charge is 2.15. The van der Waals surface area contributed by atoms with Crippen molar-refractivity contribution in [3.8, 4) is 0 Å². The summed E-state index contributed by atoms with van der Waals surface area (Å²) in [5, 5.41) is 2.76. The number of aromatic nitrogens is 1. The van der Waals surface area contributed by atoms with E-state index in [9.17, 15) is 9.59 Å². The van der Waals surface area contributed by atoms with Crippen LogP contribution >= 0.6 is 0 Å². The number of pyridine rings is 1. The van der Waals surface area contributed by atoms with Crippen LogP contribution in [-0.2, 0) is 6.54 Å². The molecule has 0 atom stereocenters. The number of carbonyl (C=O) groups excluding carboxylic acids is 2. The summed E-state index contributed by atoms with van der Waals surface area (Å²) in [7, 11) is 1.72. The molecule has 0 spiro atoms. The Kier molecular flexibility index (Phi) is 5.86. The predicted octanol–water partition coefficient (Wildman–Crippen LogP) is 2.49. The van der Waals surface area contributed by atoms with E-state index >= 15 is 0 Å². The number of nitrogens with zero attached hydrogens (tertiary/aromatic N) is 2. The lowest BCUT2D eigenvalue weighted by atomic mass is 10.2. The van der Waals surface area contributed by atoms with Gasteiger partial charge in [0.25, 0.3) is 11.8 Å². The Morgan fingerprint density at radius 3 is 2.43 bits per heavy atom. The zero-order valence-electron chi connectivity index (χ0n) is 13.5. The highest BCUT2D eigenvalue weighted by molar-refractivity contribution is 5.96. The Bertz CT molecular complexity index is 671. The summed E-state index contributed by atoms with van der Waals surface area (Å²) in [5.41, 5.74) is 1.57. The van der Waals surface area contributed by atoms with Crippen molar-refractivity contribution in [1.29, 1.82) is 0 Å². The van der Waals surface area contributed by atoms with E-state index in [2.05, 4.69) is 10.3 Å². The Morgan fingerprint density at radius 1 is 1.04 bits per heavy atom. The molecule has 1 N–H and O–H groups in total. The lowest BCUT2D eigenvalue weighted by Crippen LogP contribution is -2.29. The molecule has 2 amide bonds. The molecule has 2 aromatic rings. The normalized spacial score (nSPS) is 10.2. The van der Waals surface area contributed by atoms with Gasteiger partial charge in [0.1, 0.15) is 11.4 Å². The lowest BCUT2D eigenvalue weighted by Gasteiger charge is -2.17. The topological polar surface area (TPSA) is 62.3 Å². The summed E-state index contributed by atoms with van der Waals surface area (Å²) in [4.78, 5) is 30.2. The molecular weight excluding hydrogens is 290 g/mol. The second kappa shape index (κ2) is 8.08. The summed E-state index contributed by atoms with van der Waals surface area (Å²) in [6, 6.07) is 14.6. The fourth-order valence-electron chi connectivity index (χ4n) is 2.13. The van der Waals surface area contributed by atoms with Gasteiger partial charge in [0, 0.05) is 20.1 Å². The summed E-state index contributed by atoms with van der Waals surface area (Å²) >= 11 is 0. The molecule has 1 heterocycles. The van der Waals surface area contributed by atoms with Crippen molar-refractivity contribution in [2.24, 2.45) is 0 Å². The largest absolute Gasteiger partial charge is 0.351 e. The predicted molar refractivity (Wildman–Crippen MR) is 89.1 cm³/mol. The number of hydrogen-bond donors (Lipinski definition) is 1. The Balaban J connectivity index is 2.08. The van der Waals surface area contributed by atoms with Crippen LogP contribution in [0.15, 0.2) is 48.5 Å². The first-order valence-electron chi connectivity index (χ1n) is 7.66. The van der Waals surface area contributed by atoms with Crippen LogP contribution in [0.3, 0.4) is 0 Å². The van der Waals surface area contributed by atoms with Gasteiger partial charge in [0.05, 0.1) is 0 Å². The molecular formula is C18H21N3O2. The van der Waals surface area contributed by atoms with Gasteiger partial charge in [0.15, 0.2) is 0 Å². The van der Waals surface area contributed by atoms with Gasteiger partial charge in [-0.2, -0.15) is 0 Å². The fraction of sp³-hybridized carbons (Fsp3) is 0.278. The summed E-state index contributed by atoms with van der Waals surface area (Å²) in [6.45, 7) is 3.06. The van der Waals surface area contributed by atoms with Crippen LogP contribution in [0.25, 0.3) is 0 Å². The van der Waals surface area contributed by atoms with Crippen molar-refractivity contribution >= 4 is 11.8 Å². The van der Waals surface area contributed by atoms with E-state index in [0.29, 0.717) is 13.1 Å². The molecule has 2 rings (SSSR count). The molecule has 0 aliphatic heterocycles. The zero-order chi connectivity index (χ0) is 16.7. The first-order chi connectivity index (χ1) is 11.1.